The van der Waals surface area contributed by atoms with Crippen molar-refractivity contribution in [3.05, 3.63) is 34.9 Å². The average molecular weight is 398 g/mol. The Morgan fingerprint density at radius 3 is 2.69 bits per heavy atom. The zero-order valence-corrected chi connectivity index (χ0v) is 17.8. The Kier molecular flexibility index (Phi) is 5.82. The smallest absolute Gasteiger partial charge is 0.160 e. The van der Waals surface area contributed by atoms with Crippen LogP contribution >= 0.6 is 0 Å². The Morgan fingerprint density at radius 1 is 1.21 bits per heavy atom. The van der Waals surface area contributed by atoms with Gasteiger partial charge in [0.25, 0.3) is 0 Å². The summed E-state index contributed by atoms with van der Waals surface area (Å²) in [5, 5.41) is 17.5. The number of anilines is 1. The molecule has 0 spiro atoms. The van der Waals surface area contributed by atoms with Gasteiger partial charge in [-0.3, -0.25) is 4.68 Å². The first kappa shape index (κ1) is 19.8. The van der Waals surface area contributed by atoms with Crippen molar-refractivity contribution in [2.75, 3.05) is 18.5 Å². The molecule has 8 nitrogen and oxygen atoms in total. The van der Waals surface area contributed by atoms with Crippen LogP contribution in [0.3, 0.4) is 0 Å². The van der Waals surface area contributed by atoms with Gasteiger partial charge in [0.05, 0.1) is 28.7 Å². The number of nitrogens with zero attached hydrogens (tertiary/aromatic N) is 5. The zero-order valence-electron chi connectivity index (χ0n) is 17.8. The van der Waals surface area contributed by atoms with Crippen LogP contribution in [0.1, 0.15) is 42.4 Å². The van der Waals surface area contributed by atoms with Crippen molar-refractivity contribution < 1.29 is 4.74 Å². The molecule has 1 fully saturated rings. The standard InChI is InChI=1S/C21H31N7O/c1-5-28-21-19(13-23-28)20(25-16-6-8-29-9-7-16)18(15(3)24-21)12-22-11-17-10-14(2)26-27(17)4/h10,13,16,22H,5-9,11-12H2,1-4H3,(H,24,25). The maximum absolute atomic E-state index is 5.54. The van der Waals surface area contributed by atoms with E-state index in [2.05, 4.69) is 40.7 Å². The molecular weight excluding hydrogens is 366 g/mol. The predicted octanol–water partition coefficient (Wildman–Crippen LogP) is 2.68. The van der Waals surface area contributed by atoms with Crippen molar-refractivity contribution in [1.29, 1.82) is 0 Å². The molecule has 156 valence electrons. The van der Waals surface area contributed by atoms with Gasteiger partial charge >= 0.3 is 0 Å². The molecule has 0 bridgehead atoms. The Balaban J connectivity index is 1.62. The minimum absolute atomic E-state index is 0.414. The molecule has 2 N–H and O–H groups in total. The van der Waals surface area contributed by atoms with E-state index in [0.717, 1.165) is 73.8 Å². The molecule has 3 aromatic heterocycles. The van der Waals surface area contributed by atoms with Crippen LogP contribution in [-0.4, -0.2) is 43.8 Å². The monoisotopic (exact) mass is 397 g/mol. The second kappa shape index (κ2) is 8.51. The number of hydrogen-bond acceptors (Lipinski definition) is 6. The van der Waals surface area contributed by atoms with Crippen molar-refractivity contribution in [2.24, 2.45) is 7.05 Å². The molecule has 0 aromatic carbocycles. The van der Waals surface area contributed by atoms with E-state index in [9.17, 15) is 0 Å². The third kappa shape index (κ3) is 4.13. The molecule has 4 heterocycles. The summed E-state index contributed by atoms with van der Waals surface area (Å²) < 4.78 is 9.44. The van der Waals surface area contributed by atoms with E-state index in [1.807, 2.05) is 29.5 Å². The number of hydrogen-bond donors (Lipinski definition) is 2. The summed E-state index contributed by atoms with van der Waals surface area (Å²) in [6.07, 6.45) is 3.98. The van der Waals surface area contributed by atoms with Crippen LogP contribution in [0.15, 0.2) is 12.3 Å². The third-order valence-electron chi connectivity index (χ3n) is 5.67. The van der Waals surface area contributed by atoms with E-state index >= 15 is 0 Å². The number of pyridine rings is 1. The summed E-state index contributed by atoms with van der Waals surface area (Å²) in [5.41, 5.74) is 6.57. The van der Waals surface area contributed by atoms with Gasteiger partial charge in [0.1, 0.15) is 0 Å². The van der Waals surface area contributed by atoms with Gasteiger partial charge in [-0.1, -0.05) is 0 Å². The normalized spacial score (nSPS) is 15.3. The summed E-state index contributed by atoms with van der Waals surface area (Å²) >= 11 is 0. The molecule has 4 rings (SSSR count). The summed E-state index contributed by atoms with van der Waals surface area (Å²) in [6.45, 7) is 10.1. The summed E-state index contributed by atoms with van der Waals surface area (Å²) in [6, 6.07) is 2.53. The molecule has 0 amide bonds. The Morgan fingerprint density at radius 2 is 2.00 bits per heavy atom. The van der Waals surface area contributed by atoms with E-state index in [1.54, 1.807) is 0 Å². The molecule has 1 saturated heterocycles. The van der Waals surface area contributed by atoms with Gasteiger partial charge in [-0.15, -0.1) is 0 Å². The molecule has 3 aromatic rings. The quantitative estimate of drug-likeness (QED) is 0.638. The largest absolute Gasteiger partial charge is 0.381 e. The average Bonchev–Trinajstić information content (AvgIpc) is 3.26. The first-order valence-corrected chi connectivity index (χ1v) is 10.5. The maximum Gasteiger partial charge on any atom is 0.160 e. The van der Waals surface area contributed by atoms with E-state index < -0.39 is 0 Å². The minimum Gasteiger partial charge on any atom is -0.381 e. The first-order chi connectivity index (χ1) is 14.1. The van der Waals surface area contributed by atoms with Gasteiger partial charge in [-0.2, -0.15) is 10.2 Å². The van der Waals surface area contributed by atoms with Crippen LogP contribution in [0, 0.1) is 13.8 Å². The lowest BCUT2D eigenvalue weighted by Gasteiger charge is -2.26. The molecule has 0 atom stereocenters. The van der Waals surface area contributed by atoms with E-state index in [-0.39, 0.29) is 0 Å². The third-order valence-corrected chi connectivity index (χ3v) is 5.67. The fourth-order valence-corrected chi connectivity index (χ4v) is 4.05. The van der Waals surface area contributed by atoms with Gasteiger partial charge in [0.2, 0.25) is 0 Å². The van der Waals surface area contributed by atoms with E-state index in [4.69, 9.17) is 9.72 Å². The highest BCUT2D eigenvalue weighted by Gasteiger charge is 2.20. The van der Waals surface area contributed by atoms with Crippen LogP contribution in [-0.2, 0) is 31.4 Å². The van der Waals surface area contributed by atoms with Crippen LogP contribution in [0.5, 0.6) is 0 Å². The molecular formula is C21H31N7O. The zero-order chi connectivity index (χ0) is 20.4. The number of aromatic nitrogens is 5. The summed E-state index contributed by atoms with van der Waals surface area (Å²) in [5.74, 6) is 0. The van der Waals surface area contributed by atoms with Crippen LogP contribution < -0.4 is 10.6 Å². The summed E-state index contributed by atoms with van der Waals surface area (Å²) in [4.78, 5) is 4.89. The Bertz CT molecular complexity index is 985. The van der Waals surface area contributed by atoms with Crippen LogP contribution in [0.25, 0.3) is 11.0 Å². The molecule has 0 saturated carbocycles. The Labute approximate surface area is 171 Å². The van der Waals surface area contributed by atoms with Crippen molar-refractivity contribution in [1.82, 2.24) is 29.9 Å². The highest BCUT2D eigenvalue weighted by molar-refractivity contribution is 5.91. The van der Waals surface area contributed by atoms with E-state index in [0.29, 0.717) is 6.04 Å². The van der Waals surface area contributed by atoms with Gasteiger partial charge in [0.15, 0.2) is 5.65 Å². The molecule has 0 unspecified atom stereocenters. The fourth-order valence-electron chi connectivity index (χ4n) is 4.05. The second-order valence-corrected chi connectivity index (χ2v) is 7.78. The van der Waals surface area contributed by atoms with Gasteiger partial charge in [-0.25, -0.2) is 9.67 Å². The molecule has 1 aliphatic rings. The van der Waals surface area contributed by atoms with Gasteiger partial charge < -0.3 is 15.4 Å². The van der Waals surface area contributed by atoms with Crippen molar-refractivity contribution >= 4 is 16.7 Å². The highest BCUT2D eigenvalue weighted by Crippen LogP contribution is 2.30. The minimum atomic E-state index is 0.414. The second-order valence-electron chi connectivity index (χ2n) is 7.78. The lowest BCUT2D eigenvalue weighted by molar-refractivity contribution is 0.0904. The lowest BCUT2D eigenvalue weighted by Crippen LogP contribution is -2.29. The molecule has 0 aliphatic carbocycles. The fraction of sp³-hybridized carbons (Fsp3) is 0.571. The molecule has 29 heavy (non-hydrogen) atoms. The number of rotatable bonds is 7. The summed E-state index contributed by atoms with van der Waals surface area (Å²) in [7, 11) is 1.99. The van der Waals surface area contributed by atoms with Gasteiger partial charge in [0, 0.05) is 57.2 Å². The first-order valence-electron chi connectivity index (χ1n) is 10.5. The van der Waals surface area contributed by atoms with E-state index in [1.165, 1.54) is 11.3 Å². The number of nitrogens with one attached hydrogen (secondary N) is 2. The van der Waals surface area contributed by atoms with Crippen molar-refractivity contribution in [3.63, 3.8) is 0 Å². The molecule has 1 aliphatic heterocycles. The SMILES string of the molecule is CCn1ncc2c(NC3CCOCC3)c(CNCc3cc(C)nn3C)c(C)nc21. The van der Waals surface area contributed by atoms with Gasteiger partial charge in [-0.05, 0) is 39.7 Å². The predicted molar refractivity (Wildman–Crippen MR) is 114 cm³/mol. The maximum atomic E-state index is 5.54. The topological polar surface area (TPSA) is 81.8 Å². The van der Waals surface area contributed by atoms with Crippen molar-refractivity contribution in [2.45, 2.75) is 59.3 Å². The Hall–Kier alpha value is -2.45. The number of aryl methyl sites for hydroxylation is 4. The van der Waals surface area contributed by atoms with Crippen LogP contribution in [0.4, 0.5) is 5.69 Å². The number of ether oxygens (including phenoxy) is 1. The lowest BCUT2D eigenvalue weighted by atomic mass is 10.0. The molecule has 8 heteroatoms. The highest BCUT2D eigenvalue weighted by atomic mass is 16.5. The van der Waals surface area contributed by atoms with Crippen LogP contribution in [0.2, 0.25) is 0 Å². The molecule has 0 radical (unpaired) electrons. The van der Waals surface area contributed by atoms with Crippen molar-refractivity contribution in [3.8, 4) is 0 Å². The number of fused-ring (bicyclic) bond motifs is 1.